The minimum absolute atomic E-state index is 0.0816. The van der Waals surface area contributed by atoms with E-state index in [1.807, 2.05) is 33.8 Å². The zero-order chi connectivity index (χ0) is 63.1. The first-order chi connectivity index (χ1) is 42.9. The van der Waals surface area contributed by atoms with Gasteiger partial charge in [0.15, 0.2) is 0 Å². The molecule has 0 spiro atoms. The van der Waals surface area contributed by atoms with Crippen LogP contribution >= 0.6 is 0 Å². The Balaban J connectivity index is 0.00000271. The summed E-state index contributed by atoms with van der Waals surface area (Å²) in [5, 5.41) is 5.04. The van der Waals surface area contributed by atoms with Crippen molar-refractivity contribution in [2.24, 2.45) is 0 Å². The van der Waals surface area contributed by atoms with Crippen LogP contribution in [0.15, 0.2) is 164 Å². The average molecular weight is 1180 g/mol. The molecule has 0 bridgehead atoms. The Morgan fingerprint density at radius 3 is 1.66 bits per heavy atom. The molecule has 0 fully saturated rings. The number of unbranched alkanes of at least 4 members (excludes halogenated alkanes) is 16. The standard InChI is InChI=1S/C81H102N2O.2C2H6/c1-11-17-21-25-27-34-54-83-77-73-58-65(80(9,10)64-38-30-29-31-39-64)44-50-69(73)68-48-42-61(56-72(68)76(77)82-78(83)60-40-46-67(47-41-60)84-55-35-28-26-22-18-12-2)62-43-49-70-71-51-45-66(79(7,8)63(36-15-5)37-16-6)59-75(71)81(74(70)57-62,52-32-23-19-13-3)53-33-24-20-14-4;2*1-2/h15-16,29-31,36-51,56-59H,5,11-14,17-28,32-35,52-55H2,1-4,6-10H3;2*1-2H3/b37-16-,63-36+;;. The zero-order valence-corrected chi connectivity index (χ0v) is 57.4. The molecular weight excluding hydrogens is 1060 g/mol. The van der Waals surface area contributed by atoms with Crippen LogP contribution in [0.4, 0.5) is 0 Å². The number of benzene rings is 7. The summed E-state index contributed by atoms with van der Waals surface area (Å²) >= 11 is 0. The lowest BCUT2D eigenvalue weighted by Gasteiger charge is -2.35. The summed E-state index contributed by atoms with van der Waals surface area (Å²) in [6, 6.07) is 49.7. The Hall–Kier alpha value is -6.45. The Morgan fingerprint density at radius 2 is 1.03 bits per heavy atom. The lowest BCUT2D eigenvalue weighted by atomic mass is 9.68. The van der Waals surface area contributed by atoms with Crippen LogP contribution < -0.4 is 4.74 Å². The fourth-order valence-electron chi connectivity index (χ4n) is 14.1. The van der Waals surface area contributed by atoms with E-state index in [0.717, 1.165) is 61.5 Å². The maximum atomic E-state index is 6.38. The molecule has 0 amide bonds. The summed E-state index contributed by atoms with van der Waals surface area (Å²) in [6.07, 6.45) is 35.9. The quantitative estimate of drug-likeness (QED) is 0.0233. The van der Waals surface area contributed by atoms with Crippen LogP contribution in [0.3, 0.4) is 0 Å². The molecule has 0 saturated carbocycles. The van der Waals surface area contributed by atoms with E-state index in [4.69, 9.17) is 9.72 Å². The van der Waals surface area contributed by atoms with E-state index in [1.54, 1.807) is 0 Å². The second-order valence-electron chi connectivity index (χ2n) is 25.9. The van der Waals surface area contributed by atoms with Gasteiger partial charge in [0.05, 0.1) is 17.6 Å². The van der Waals surface area contributed by atoms with E-state index in [2.05, 4.69) is 219 Å². The fourth-order valence-corrected chi connectivity index (χ4v) is 14.1. The number of aromatic nitrogens is 2. The van der Waals surface area contributed by atoms with E-state index >= 15 is 0 Å². The maximum absolute atomic E-state index is 6.38. The predicted octanol–water partition coefficient (Wildman–Crippen LogP) is 26.3. The highest BCUT2D eigenvalue weighted by Crippen LogP contribution is 2.56. The van der Waals surface area contributed by atoms with Crippen molar-refractivity contribution in [1.29, 1.82) is 0 Å². The number of nitrogens with zero attached hydrogens (tertiary/aromatic N) is 2. The first kappa shape index (κ1) is 69.0. The number of hydrogen-bond acceptors (Lipinski definition) is 2. The summed E-state index contributed by atoms with van der Waals surface area (Å²) in [6.45, 7) is 34.7. The molecule has 0 aliphatic heterocycles. The van der Waals surface area contributed by atoms with E-state index < -0.39 is 0 Å². The van der Waals surface area contributed by atoms with Gasteiger partial charge in [-0.05, 0) is 141 Å². The van der Waals surface area contributed by atoms with Crippen LogP contribution in [-0.2, 0) is 22.8 Å². The molecule has 1 aliphatic rings. The number of fused-ring (bicyclic) bond motifs is 9. The van der Waals surface area contributed by atoms with Crippen molar-refractivity contribution in [3.63, 3.8) is 0 Å². The molecule has 7 aromatic carbocycles. The number of imidazole rings is 1. The van der Waals surface area contributed by atoms with Crippen LogP contribution in [0.1, 0.15) is 259 Å². The molecule has 0 radical (unpaired) electrons. The molecule has 0 atom stereocenters. The van der Waals surface area contributed by atoms with E-state index in [0.29, 0.717) is 0 Å². The summed E-state index contributed by atoms with van der Waals surface area (Å²) < 4.78 is 8.99. The molecule has 1 aliphatic carbocycles. The second kappa shape index (κ2) is 33.9. The number of aryl methyl sites for hydroxylation is 1. The molecule has 0 unspecified atom stereocenters. The minimum atomic E-state index is -0.205. The third kappa shape index (κ3) is 15.7. The second-order valence-corrected chi connectivity index (χ2v) is 25.9. The Labute approximate surface area is 535 Å². The number of hydrogen-bond donors (Lipinski definition) is 0. The Bertz CT molecular complexity index is 3500. The molecule has 8 aromatic rings. The van der Waals surface area contributed by atoms with Gasteiger partial charge in [0.1, 0.15) is 11.6 Å². The molecule has 88 heavy (non-hydrogen) atoms. The topological polar surface area (TPSA) is 27.1 Å². The highest BCUT2D eigenvalue weighted by Gasteiger charge is 2.43. The van der Waals surface area contributed by atoms with Crippen molar-refractivity contribution in [1.82, 2.24) is 9.55 Å². The largest absolute Gasteiger partial charge is 0.494 e. The fraction of sp³-hybridized carbons (Fsp3) is 0.471. The molecule has 3 heteroatoms. The van der Waals surface area contributed by atoms with E-state index in [1.165, 1.54) is 198 Å². The Morgan fingerprint density at radius 1 is 0.511 bits per heavy atom. The molecule has 470 valence electrons. The smallest absolute Gasteiger partial charge is 0.141 e. The first-order valence-electron chi connectivity index (χ1n) is 35.4. The molecule has 0 saturated heterocycles. The van der Waals surface area contributed by atoms with Crippen molar-refractivity contribution >= 4 is 32.6 Å². The van der Waals surface area contributed by atoms with Gasteiger partial charge in [0, 0.05) is 39.1 Å². The van der Waals surface area contributed by atoms with Crippen molar-refractivity contribution in [2.45, 2.75) is 254 Å². The summed E-state index contributed by atoms with van der Waals surface area (Å²) in [5.41, 5.74) is 16.7. The number of rotatable bonds is 33. The highest BCUT2D eigenvalue weighted by molar-refractivity contribution is 6.24. The van der Waals surface area contributed by atoms with Gasteiger partial charge < -0.3 is 9.30 Å². The van der Waals surface area contributed by atoms with Crippen molar-refractivity contribution in [3.8, 4) is 39.4 Å². The van der Waals surface area contributed by atoms with Crippen molar-refractivity contribution < 1.29 is 4.74 Å². The van der Waals surface area contributed by atoms with Gasteiger partial charge in [-0.15, -0.1) is 0 Å². The molecule has 1 heterocycles. The third-order valence-electron chi connectivity index (χ3n) is 19.3. The normalized spacial score (nSPS) is 12.9. The molecular formula is C85H114N2O. The third-order valence-corrected chi connectivity index (χ3v) is 19.3. The highest BCUT2D eigenvalue weighted by atomic mass is 16.5. The molecule has 1 aromatic heterocycles. The van der Waals surface area contributed by atoms with Crippen LogP contribution in [0.2, 0.25) is 0 Å². The zero-order valence-electron chi connectivity index (χ0n) is 57.4. The van der Waals surface area contributed by atoms with Gasteiger partial charge in [-0.2, -0.15) is 0 Å². The van der Waals surface area contributed by atoms with Crippen LogP contribution in [-0.4, -0.2) is 16.2 Å². The van der Waals surface area contributed by atoms with Gasteiger partial charge in [-0.1, -0.05) is 314 Å². The van der Waals surface area contributed by atoms with Crippen LogP contribution in [0, 0.1) is 0 Å². The predicted molar refractivity (Wildman–Crippen MR) is 389 cm³/mol. The molecule has 3 nitrogen and oxygen atoms in total. The number of ether oxygens (including phenoxy) is 1. The monoisotopic (exact) mass is 1180 g/mol. The van der Waals surface area contributed by atoms with Gasteiger partial charge in [-0.3, -0.25) is 0 Å². The first-order valence-corrected chi connectivity index (χ1v) is 35.4. The van der Waals surface area contributed by atoms with Crippen molar-refractivity contribution in [2.75, 3.05) is 6.61 Å². The summed E-state index contributed by atoms with van der Waals surface area (Å²) in [5.74, 6) is 1.98. The molecule has 0 N–H and O–H groups in total. The van der Waals surface area contributed by atoms with Gasteiger partial charge >= 0.3 is 0 Å². The lowest BCUT2D eigenvalue weighted by molar-refractivity contribution is 0.304. The summed E-state index contributed by atoms with van der Waals surface area (Å²) in [4.78, 5) is 5.89. The maximum Gasteiger partial charge on any atom is 0.141 e. The average Bonchev–Trinajstić information content (AvgIpc) is 1.53. The number of allylic oxidation sites excluding steroid dienone is 5. The lowest BCUT2D eigenvalue weighted by Crippen LogP contribution is -2.27. The molecule has 9 rings (SSSR count). The van der Waals surface area contributed by atoms with Crippen molar-refractivity contribution in [3.05, 3.63) is 192 Å². The van der Waals surface area contributed by atoms with Gasteiger partial charge in [-0.25, -0.2) is 4.98 Å². The Kier molecular flexibility index (Phi) is 26.6. The van der Waals surface area contributed by atoms with E-state index in [9.17, 15) is 0 Å². The minimum Gasteiger partial charge on any atom is -0.494 e. The van der Waals surface area contributed by atoms with Gasteiger partial charge in [0.2, 0.25) is 0 Å². The van der Waals surface area contributed by atoms with Crippen LogP contribution in [0.5, 0.6) is 5.75 Å². The van der Waals surface area contributed by atoms with Gasteiger partial charge in [0.25, 0.3) is 0 Å². The van der Waals surface area contributed by atoms with E-state index in [-0.39, 0.29) is 16.2 Å². The summed E-state index contributed by atoms with van der Waals surface area (Å²) in [7, 11) is 0. The van der Waals surface area contributed by atoms with Crippen LogP contribution in [0.25, 0.3) is 66.2 Å². The SMILES string of the molecule is C=C/C=C(\C=C/C)C(C)(C)c1ccc2c(c1)C(CCCCCC)(CCCCCC)c1cc(-c3ccc4c5ccc(C(C)(C)c6ccccc6)cc5c5c(nc(-c6ccc(OCCCCCCCC)cc6)n5CCCCCCCC)c4c3)ccc1-2.CC.CC.